The molecule has 1 amide bonds. The highest BCUT2D eigenvalue weighted by Crippen LogP contribution is 2.36. The molecule has 33 heavy (non-hydrogen) atoms. The lowest BCUT2D eigenvalue weighted by Crippen LogP contribution is -2.33. The zero-order valence-corrected chi connectivity index (χ0v) is 18.3. The number of rotatable bonds is 6. The molecule has 2 N–H and O–H groups in total. The van der Waals surface area contributed by atoms with E-state index in [2.05, 4.69) is 15.4 Å². The Kier molecular flexibility index (Phi) is 7.89. The van der Waals surface area contributed by atoms with E-state index in [0.717, 1.165) is 19.2 Å². The van der Waals surface area contributed by atoms with Crippen LogP contribution in [0, 0.1) is 11.6 Å². The lowest BCUT2D eigenvalue weighted by molar-refractivity contribution is -0.139. The number of hydrogen-bond acceptors (Lipinski definition) is 5. The van der Waals surface area contributed by atoms with Crippen molar-refractivity contribution in [3.05, 3.63) is 58.7 Å². The Morgan fingerprint density at radius 2 is 1.67 bits per heavy atom. The van der Waals surface area contributed by atoms with Crippen LogP contribution in [0.2, 0.25) is 0 Å². The smallest absolute Gasteiger partial charge is 0.419 e. The molecular formula is C22H23F5N2O4. The highest BCUT2D eigenvalue weighted by Gasteiger charge is 2.36. The molecule has 2 rings (SSSR count). The number of ether oxygens (including phenoxy) is 2. The van der Waals surface area contributed by atoms with Crippen LogP contribution in [0.3, 0.4) is 0 Å². The Morgan fingerprint density at radius 1 is 1.00 bits per heavy atom. The minimum atomic E-state index is -5.02. The van der Waals surface area contributed by atoms with Gasteiger partial charge in [0.05, 0.1) is 23.9 Å². The maximum absolute atomic E-state index is 14.0. The zero-order valence-electron chi connectivity index (χ0n) is 18.3. The molecule has 0 aliphatic carbocycles. The molecule has 2 aromatic carbocycles. The number of anilines is 2. The number of alkyl halides is 3. The van der Waals surface area contributed by atoms with Crippen molar-refractivity contribution < 1.29 is 41.0 Å². The van der Waals surface area contributed by atoms with E-state index in [4.69, 9.17) is 4.74 Å². The number of methoxy groups -OCH3 is 1. The maximum Gasteiger partial charge on any atom is 0.419 e. The fraction of sp³-hybridized carbons (Fsp3) is 0.364. The fourth-order valence-electron chi connectivity index (χ4n) is 2.82. The lowest BCUT2D eigenvalue weighted by atomic mass is 10.1. The van der Waals surface area contributed by atoms with Crippen LogP contribution in [0.4, 0.5) is 38.1 Å². The summed E-state index contributed by atoms with van der Waals surface area (Å²) in [4.78, 5) is 23.8. The molecule has 0 fully saturated rings. The number of nitrogens with one attached hydrogen (secondary N) is 2. The second kappa shape index (κ2) is 10.1. The predicted molar refractivity (Wildman–Crippen MR) is 110 cm³/mol. The average molecular weight is 474 g/mol. The van der Waals surface area contributed by atoms with Crippen molar-refractivity contribution in [2.45, 2.75) is 39.0 Å². The Labute approximate surface area is 187 Å². The molecule has 0 spiro atoms. The summed E-state index contributed by atoms with van der Waals surface area (Å²) in [6.45, 7) is 5.06. The lowest BCUT2D eigenvalue weighted by Gasteiger charge is -2.20. The van der Waals surface area contributed by atoms with Gasteiger partial charge in [-0.15, -0.1) is 0 Å². The standard InChI is InChI=1S/C22H23F5N2O4/c1-21(2,3)33-20(31)28-8-7-12-9-13(23)5-6-17(12)29-18-11-15(22(25,26)27)16(24)10-14(18)19(30)32-4/h5-6,9-11,29H,7-8H2,1-4H3,(H,28,31). The number of benzene rings is 2. The van der Waals surface area contributed by atoms with Crippen molar-refractivity contribution in [1.29, 1.82) is 0 Å². The van der Waals surface area contributed by atoms with E-state index in [-0.39, 0.29) is 29.9 Å². The van der Waals surface area contributed by atoms with Crippen molar-refractivity contribution in [2.75, 3.05) is 19.0 Å². The molecule has 0 unspecified atom stereocenters. The van der Waals surface area contributed by atoms with Gasteiger partial charge in [-0.25, -0.2) is 18.4 Å². The molecule has 0 aliphatic heterocycles. The van der Waals surface area contributed by atoms with Crippen molar-refractivity contribution in [1.82, 2.24) is 5.32 Å². The summed E-state index contributed by atoms with van der Waals surface area (Å²) >= 11 is 0. The van der Waals surface area contributed by atoms with Gasteiger partial charge in [-0.1, -0.05) is 0 Å². The third kappa shape index (κ3) is 7.33. The summed E-state index contributed by atoms with van der Waals surface area (Å²) in [5.41, 5.74) is -2.76. The topological polar surface area (TPSA) is 76.7 Å². The summed E-state index contributed by atoms with van der Waals surface area (Å²) < 4.78 is 77.0. The molecule has 11 heteroatoms. The molecule has 2 aromatic rings. The Balaban J connectivity index is 2.35. The van der Waals surface area contributed by atoms with Crippen LogP contribution in [-0.4, -0.2) is 31.3 Å². The first-order chi connectivity index (χ1) is 15.2. The van der Waals surface area contributed by atoms with E-state index in [9.17, 15) is 31.5 Å². The summed E-state index contributed by atoms with van der Waals surface area (Å²) in [5.74, 6) is -3.34. The third-order valence-electron chi connectivity index (χ3n) is 4.22. The molecule has 0 heterocycles. The Morgan fingerprint density at radius 3 is 2.24 bits per heavy atom. The quantitative estimate of drug-likeness (QED) is 0.422. The summed E-state index contributed by atoms with van der Waals surface area (Å²) in [6, 6.07) is 4.28. The molecule has 6 nitrogen and oxygen atoms in total. The number of carbonyl (C=O) groups is 2. The van der Waals surface area contributed by atoms with Crippen LogP contribution in [0.25, 0.3) is 0 Å². The van der Waals surface area contributed by atoms with E-state index >= 15 is 0 Å². The summed E-state index contributed by atoms with van der Waals surface area (Å²) in [5, 5.41) is 5.11. The second-order valence-corrected chi connectivity index (χ2v) is 7.97. The predicted octanol–water partition coefficient (Wildman–Crippen LogP) is 5.58. The van der Waals surface area contributed by atoms with E-state index in [1.807, 2.05) is 0 Å². The van der Waals surface area contributed by atoms with Crippen LogP contribution in [0.5, 0.6) is 0 Å². The minimum absolute atomic E-state index is 0.0219. The Bertz CT molecular complexity index is 1030. The number of carbonyl (C=O) groups excluding carboxylic acids is 2. The van der Waals surface area contributed by atoms with Gasteiger partial charge in [0.2, 0.25) is 0 Å². The molecule has 0 saturated carbocycles. The largest absolute Gasteiger partial charge is 0.465 e. The number of esters is 1. The fourth-order valence-corrected chi connectivity index (χ4v) is 2.82. The van der Waals surface area contributed by atoms with E-state index in [0.29, 0.717) is 12.1 Å². The molecule has 0 saturated heterocycles. The van der Waals surface area contributed by atoms with Crippen molar-refractivity contribution in [3.63, 3.8) is 0 Å². The van der Waals surface area contributed by atoms with Crippen molar-refractivity contribution in [2.24, 2.45) is 0 Å². The van der Waals surface area contributed by atoms with Gasteiger partial charge in [0.25, 0.3) is 0 Å². The molecule has 0 aromatic heterocycles. The first-order valence-electron chi connectivity index (χ1n) is 9.72. The molecule has 180 valence electrons. The van der Waals surface area contributed by atoms with Crippen molar-refractivity contribution in [3.8, 4) is 0 Å². The second-order valence-electron chi connectivity index (χ2n) is 7.97. The monoisotopic (exact) mass is 474 g/mol. The number of hydrogen-bond donors (Lipinski definition) is 2. The normalized spacial score (nSPS) is 11.7. The van der Waals surface area contributed by atoms with Crippen molar-refractivity contribution >= 4 is 23.4 Å². The molecule has 0 bridgehead atoms. The molecular weight excluding hydrogens is 451 g/mol. The van der Waals surface area contributed by atoms with E-state index in [1.54, 1.807) is 20.8 Å². The average Bonchev–Trinajstić information content (AvgIpc) is 2.67. The van der Waals surface area contributed by atoms with Crippen LogP contribution < -0.4 is 10.6 Å². The SMILES string of the molecule is COC(=O)c1cc(F)c(C(F)(F)F)cc1Nc1ccc(F)cc1CCNC(=O)OC(C)(C)C. The van der Waals surface area contributed by atoms with Crippen LogP contribution in [-0.2, 0) is 22.1 Å². The number of halogens is 5. The van der Waals surface area contributed by atoms with Gasteiger partial charge in [0.1, 0.15) is 17.2 Å². The Hall–Kier alpha value is -3.37. The van der Waals surface area contributed by atoms with Gasteiger partial charge in [0.15, 0.2) is 0 Å². The van der Waals surface area contributed by atoms with Gasteiger partial charge in [0, 0.05) is 12.2 Å². The summed E-state index contributed by atoms with van der Waals surface area (Å²) in [7, 11) is 0.993. The van der Waals surface area contributed by atoms with Gasteiger partial charge in [-0.3, -0.25) is 0 Å². The van der Waals surface area contributed by atoms with Crippen LogP contribution in [0.15, 0.2) is 30.3 Å². The number of alkyl carbamates (subject to hydrolysis) is 1. The van der Waals surface area contributed by atoms with Crippen LogP contribution >= 0.6 is 0 Å². The van der Waals surface area contributed by atoms with Gasteiger partial charge in [-0.05, 0) is 63.1 Å². The highest BCUT2D eigenvalue weighted by atomic mass is 19.4. The van der Waals surface area contributed by atoms with E-state index in [1.165, 1.54) is 6.07 Å². The zero-order chi connectivity index (χ0) is 25.0. The first-order valence-corrected chi connectivity index (χ1v) is 9.72. The maximum atomic E-state index is 14.0. The summed E-state index contributed by atoms with van der Waals surface area (Å²) in [6.07, 6.45) is -5.65. The third-order valence-corrected chi connectivity index (χ3v) is 4.22. The molecule has 0 atom stereocenters. The number of amides is 1. The first kappa shape index (κ1) is 25.9. The van der Waals surface area contributed by atoms with Gasteiger partial charge < -0.3 is 20.1 Å². The van der Waals surface area contributed by atoms with Crippen LogP contribution in [0.1, 0.15) is 42.3 Å². The highest BCUT2D eigenvalue weighted by molar-refractivity contribution is 5.97. The molecule has 0 aliphatic rings. The van der Waals surface area contributed by atoms with Gasteiger partial charge in [-0.2, -0.15) is 13.2 Å². The van der Waals surface area contributed by atoms with Gasteiger partial charge >= 0.3 is 18.2 Å². The molecule has 0 radical (unpaired) electrons. The van der Waals surface area contributed by atoms with E-state index < -0.39 is 46.6 Å². The minimum Gasteiger partial charge on any atom is -0.465 e.